The third-order valence-electron chi connectivity index (χ3n) is 2.10. The van der Waals surface area contributed by atoms with Crippen LogP contribution in [0, 0.1) is 0 Å². The van der Waals surface area contributed by atoms with Gasteiger partial charge in [0.1, 0.15) is 0 Å². The fraction of sp³-hybridized carbons (Fsp3) is 0.300. The summed E-state index contributed by atoms with van der Waals surface area (Å²) < 4.78 is 6.88. The third kappa shape index (κ3) is 1.77. The second kappa shape index (κ2) is 3.42. The van der Waals surface area contributed by atoms with Crippen LogP contribution < -0.4 is 3.78 Å². The number of fused-ring (bicyclic) bond motifs is 1. The van der Waals surface area contributed by atoms with Gasteiger partial charge in [0.05, 0.1) is 0 Å². The van der Waals surface area contributed by atoms with Crippen LogP contribution in [0.3, 0.4) is 0 Å². The molecule has 0 N–H and O–H groups in total. The van der Waals surface area contributed by atoms with E-state index in [2.05, 4.69) is 19.8 Å². The maximum atomic E-state index is 6.01. The second-order valence-electron chi connectivity index (χ2n) is 4.37. The van der Waals surface area contributed by atoms with Crippen LogP contribution >= 0.6 is 11.6 Å². The van der Waals surface area contributed by atoms with Gasteiger partial charge in [-0.1, -0.05) is 0 Å². The van der Waals surface area contributed by atoms with Gasteiger partial charge in [0.15, 0.2) is 0 Å². The molecule has 2 aromatic heterocycles. The number of furan rings is 1. The van der Waals surface area contributed by atoms with Crippen LogP contribution in [-0.2, 0) is 0 Å². The van der Waals surface area contributed by atoms with Crippen molar-refractivity contribution >= 4 is 44.9 Å². The van der Waals surface area contributed by atoms with Crippen molar-refractivity contribution in [3.63, 3.8) is 0 Å². The zero-order chi connectivity index (χ0) is 10.3. The topological polar surface area (TPSA) is 26.0 Å². The Morgan fingerprint density at radius 2 is 2.07 bits per heavy atom. The molecule has 0 radical (unpaired) electrons. The molecule has 0 unspecified atom stereocenters. The summed E-state index contributed by atoms with van der Waals surface area (Å²) in [5.74, 6) is 0. The van der Waals surface area contributed by atoms with E-state index in [1.807, 2.05) is 6.07 Å². The summed E-state index contributed by atoms with van der Waals surface area (Å²) in [6, 6.07) is 3.80. The maximum absolute atomic E-state index is 6.01. The minimum atomic E-state index is -2.12. The van der Waals surface area contributed by atoms with Gasteiger partial charge in [-0.05, 0) is 0 Å². The van der Waals surface area contributed by atoms with Crippen molar-refractivity contribution < 1.29 is 4.42 Å². The van der Waals surface area contributed by atoms with Crippen molar-refractivity contribution in [1.29, 1.82) is 0 Å². The first-order valence-electron chi connectivity index (χ1n) is 4.53. The Balaban J connectivity index is 2.69. The van der Waals surface area contributed by atoms with Gasteiger partial charge in [-0.25, -0.2) is 0 Å². The van der Waals surface area contributed by atoms with Crippen molar-refractivity contribution in [2.24, 2.45) is 0 Å². The average Bonchev–Trinajstić information content (AvgIpc) is 2.48. The van der Waals surface area contributed by atoms with E-state index in [1.165, 1.54) is 0 Å². The van der Waals surface area contributed by atoms with Gasteiger partial charge in [-0.3, -0.25) is 0 Å². The first-order valence-corrected chi connectivity index (χ1v) is 14.9. The Labute approximate surface area is 92.1 Å². The number of halogens is 1. The summed E-state index contributed by atoms with van der Waals surface area (Å²) >= 11 is 3.89. The molecule has 0 aliphatic rings. The van der Waals surface area contributed by atoms with E-state index >= 15 is 0 Å². The van der Waals surface area contributed by atoms with E-state index in [-0.39, 0.29) is 0 Å². The summed E-state index contributed by atoms with van der Waals surface area (Å²) in [6.07, 6.45) is 1.71. The zero-order valence-corrected chi connectivity index (χ0v) is 12.1. The van der Waals surface area contributed by atoms with Gasteiger partial charge in [0.25, 0.3) is 0 Å². The predicted octanol–water partition coefficient (Wildman–Crippen LogP) is 3.03. The molecule has 0 spiro atoms. The Kier molecular flexibility index (Phi) is 2.51. The first-order chi connectivity index (χ1) is 6.48. The molecule has 74 valence electrons. The second-order valence-corrected chi connectivity index (χ2v) is 19.0. The van der Waals surface area contributed by atoms with E-state index in [0.717, 1.165) is 14.9 Å². The summed E-state index contributed by atoms with van der Waals surface area (Å²) in [5, 5.41) is 0.650. The van der Waals surface area contributed by atoms with E-state index < -0.39 is 18.4 Å². The van der Waals surface area contributed by atoms with Gasteiger partial charge in [-0.15, -0.1) is 0 Å². The van der Waals surface area contributed by atoms with Crippen molar-refractivity contribution in [3.05, 3.63) is 23.4 Å². The molecule has 0 atom stereocenters. The molecular weight excluding hydrogens is 304 g/mol. The molecule has 0 fully saturated rings. The molecule has 0 bridgehead atoms. The molecular formula is C10H12ClNOSn. The monoisotopic (exact) mass is 317 g/mol. The van der Waals surface area contributed by atoms with Crippen molar-refractivity contribution in [2.45, 2.75) is 14.8 Å². The molecule has 0 saturated heterocycles. The van der Waals surface area contributed by atoms with Crippen LogP contribution in [0.5, 0.6) is 0 Å². The van der Waals surface area contributed by atoms with Crippen molar-refractivity contribution in [3.8, 4) is 0 Å². The number of nitrogens with zero attached hydrogens (tertiary/aromatic N) is 1. The molecule has 0 aromatic carbocycles. The van der Waals surface area contributed by atoms with Gasteiger partial charge in [0.2, 0.25) is 0 Å². The summed E-state index contributed by atoms with van der Waals surface area (Å²) in [5.41, 5.74) is 1.61. The van der Waals surface area contributed by atoms with Crippen LogP contribution in [0.2, 0.25) is 19.8 Å². The zero-order valence-electron chi connectivity index (χ0n) is 8.47. The van der Waals surface area contributed by atoms with E-state index in [4.69, 9.17) is 16.0 Å². The molecule has 0 amide bonds. The third-order valence-corrected chi connectivity index (χ3v) is 7.32. The SMILES string of the molecule is [CH3][Sn]([CH3])([CH3])[c]1cc2nccc(Cl)c2o1. The number of rotatable bonds is 1. The summed E-state index contributed by atoms with van der Waals surface area (Å²) in [4.78, 5) is 11.1. The van der Waals surface area contributed by atoms with Crippen LogP contribution in [0.15, 0.2) is 22.7 Å². The van der Waals surface area contributed by atoms with Crippen LogP contribution in [0.1, 0.15) is 0 Å². The predicted molar refractivity (Wildman–Crippen MR) is 62.0 cm³/mol. The fourth-order valence-electron chi connectivity index (χ4n) is 1.28. The Bertz CT molecular complexity index is 472. The molecule has 2 heterocycles. The molecule has 0 aliphatic heterocycles. The van der Waals surface area contributed by atoms with Crippen LogP contribution in [0.25, 0.3) is 11.1 Å². The fourth-order valence-corrected chi connectivity index (χ4v) is 4.26. The van der Waals surface area contributed by atoms with Crippen LogP contribution in [0.4, 0.5) is 0 Å². The van der Waals surface area contributed by atoms with E-state index in [1.54, 1.807) is 12.3 Å². The number of pyridine rings is 1. The normalized spacial score (nSPS) is 12.3. The van der Waals surface area contributed by atoms with Crippen molar-refractivity contribution in [1.82, 2.24) is 4.98 Å². The van der Waals surface area contributed by atoms with Gasteiger partial charge in [0, 0.05) is 0 Å². The van der Waals surface area contributed by atoms with Crippen molar-refractivity contribution in [2.75, 3.05) is 0 Å². The molecule has 0 saturated carbocycles. The average molecular weight is 316 g/mol. The molecule has 2 aromatic rings. The van der Waals surface area contributed by atoms with E-state index in [0.29, 0.717) is 5.02 Å². The molecule has 2 rings (SSSR count). The number of aromatic nitrogens is 1. The number of hydrogen-bond donors (Lipinski definition) is 0. The Hall–Kier alpha value is -0.221. The number of hydrogen-bond acceptors (Lipinski definition) is 2. The first kappa shape index (κ1) is 10.3. The molecule has 2 nitrogen and oxygen atoms in total. The van der Waals surface area contributed by atoms with Crippen LogP contribution in [-0.4, -0.2) is 23.4 Å². The quantitative estimate of drug-likeness (QED) is 0.756. The van der Waals surface area contributed by atoms with Gasteiger partial charge >= 0.3 is 92.4 Å². The summed E-state index contributed by atoms with van der Waals surface area (Å²) in [6.45, 7) is 0. The Morgan fingerprint density at radius 3 is 2.64 bits per heavy atom. The van der Waals surface area contributed by atoms with Gasteiger partial charge < -0.3 is 0 Å². The Morgan fingerprint density at radius 1 is 1.36 bits per heavy atom. The molecule has 4 heteroatoms. The summed E-state index contributed by atoms with van der Waals surface area (Å²) in [7, 11) is 0. The molecule has 0 aliphatic carbocycles. The minimum absolute atomic E-state index is 0.650. The van der Waals surface area contributed by atoms with E-state index in [9.17, 15) is 0 Å². The van der Waals surface area contributed by atoms with Gasteiger partial charge in [-0.2, -0.15) is 0 Å². The molecule has 14 heavy (non-hydrogen) atoms. The standard InChI is InChI=1S/C7H3ClNO.3CH3.Sn/c8-5-1-3-9-6-2-4-10-7(5)6;;;;/h1-3H;3*1H3;.